The summed E-state index contributed by atoms with van der Waals surface area (Å²) in [5.74, 6) is -0.517. The number of nitrogens with zero attached hydrogens (tertiary/aromatic N) is 1. The number of piperidine rings is 1. The van der Waals surface area contributed by atoms with Gasteiger partial charge in [-0.1, -0.05) is 25.1 Å². The maximum Gasteiger partial charge on any atom is 0.251 e. The van der Waals surface area contributed by atoms with Crippen LogP contribution in [0.5, 0.6) is 0 Å². The average Bonchev–Trinajstić information content (AvgIpc) is 2.78. The maximum absolute atomic E-state index is 12.7. The van der Waals surface area contributed by atoms with Crippen molar-refractivity contribution < 1.29 is 18.0 Å². The molecule has 0 aromatic heterocycles. The third-order valence-corrected chi connectivity index (χ3v) is 7.07. The molecular weight excluding hydrogens is 402 g/mol. The van der Waals surface area contributed by atoms with Crippen molar-refractivity contribution in [1.82, 2.24) is 9.62 Å². The molecule has 0 spiro atoms. The minimum Gasteiger partial charge on any atom is -0.352 e. The van der Waals surface area contributed by atoms with E-state index in [1.807, 2.05) is 6.92 Å². The molecule has 3 rings (SSSR count). The van der Waals surface area contributed by atoms with Gasteiger partial charge in [0.2, 0.25) is 15.9 Å². The van der Waals surface area contributed by atoms with Crippen molar-refractivity contribution in [3.05, 3.63) is 60.2 Å². The van der Waals surface area contributed by atoms with E-state index in [0.29, 0.717) is 43.7 Å². The predicted molar refractivity (Wildman–Crippen MR) is 116 cm³/mol. The Hall–Kier alpha value is -2.71. The summed E-state index contributed by atoms with van der Waals surface area (Å²) >= 11 is 0. The molecule has 0 radical (unpaired) electrons. The Morgan fingerprint density at radius 1 is 1.00 bits per heavy atom. The summed E-state index contributed by atoms with van der Waals surface area (Å²) in [7, 11) is -3.53. The van der Waals surface area contributed by atoms with Crippen molar-refractivity contribution in [3.8, 4) is 0 Å². The summed E-state index contributed by atoms with van der Waals surface area (Å²) in [6, 6.07) is 15.1. The first-order chi connectivity index (χ1) is 14.4. The average molecular weight is 430 g/mol. The van der Waals surface area contributed by atoms with E-state index in [4.69, 9.17) is 0 Å². The van der Waals surface area contributed by atoms with Gasteiger partial charge in [-0.2, -0.15) is 4.31 Å². The lowest BCUT2D eigenvalue weighted by molar-refractivity contribution is -0.120. The number of benzene rings is 2. The fourth-order valence-corrected chi connectivity index (χ4v) is 4.88. The van der Waals surface area contributed by atoms with Gasteiger partial charge in [0.05, 0.1) is 4.90 Å². The van der Waals surface area contributed by atoms with Crippen LogP contribution >= 0.6 is 0 Å². The second kappa shape index (κ2) is 9.86. The molecule has 0 bridgehead atoms. The SMILES string of the molecule is CCCNC(=O)c1ccc(NC(=O)C2CCN(S(=O)(=O)c3ccccc3)CC2)cc1. The van der Waals surface area contributed by atoms with Gasteiger partial charge < -0.3 is 10.6 Å². The zero-order chi connectivity index (χ0) is 21.6. The number of anilines is 1. The van der Waals surface area contributed by atoms with Crippen molar-refractivity contribution in [2.45, 2.75) is 31.1 Å². The number of amides is 2. The van der Waals surface area contributed by atoms with Crippen molar-refractivity contribution in [2.75, 3.05) is 25.0 Å². The van der Waals surface area contributed by atoms with E-state index >= 15 is 0 Å². The molecule has 1 saturated heterocycles. The Labute approximate surface area is 177 Å². The fraction of sp³-hybridized carbons (Fsp3) is 0.364. The van der Waals surface area contributed by atoms with Crippen LogP contribution in [0.25, 0.3) is 0 Å². The van der Waals surface area contributed by atoms with Crippen LogP contribution in [0, 0.1) is 5.92 Å². The monoisotopic (exact) mass is 429 g/mol. The van der Waals surface area contributed by atoms with E-state index in [-0.39, 0.29) is 22.6 Å². The van der Waals surface area contributed by atoms with E-state index in [2.05, 4.69) is 10.6 Å². The largest absolute Gasteiger partial charge is 0.352 e. The Bertz CT molecular complexity index is 967. The molecule has 0 aliphatic carbocycles. The van der Waals surface area contributed by atoms with Gasteiger partial charge in [-0.05, 0) is 55.7 Å². The summed E-state index contributed by atoms with van der Waals surface area (Å²) in [6.07, 6.45) is 1.80. The standard InChI is InChI=1S/C22H27N3O4S/c1-2-14-23-21(26)17-8-10-19(11-9-17)24-22(27)18-12-15-25(16-13-18)30(28,29)20-6-4-3-5-7-20/h3-11,18H,2,12-16H2,1H3,(H,23,26)(H,24,27). The van der Waals surface area contributed by atoms with Crippen molar-refractivity contribution in [2.24, 2.45) is 5.92 Å². The Morgan fingerprint density at radius 2 is 1.63 bits per heavy atom. The fourth-order valence-electron chi connectivity index (χ4n) is 3.39. The number of nitrogens with one attached hydrogen (secondary N) is 2. The molecule has 1 aliphatic rings. The normalized spacial score (nSPS) is 15.5. The van der Waals surface area contributed by atoms with E-state index in [9.17, 15) is 18.0 Å². The lowest BCUT2D eigenvalue weighted by Crippen LogP contribution is -2.41. The number of sulfonamides is 1. The van der Waals surface area contributed by atoms with Crippen molar-refractivity contribution >= 4 is 27.5 Å². The number of hydrogen-bond acceptors (Lipinski definition) is 4. The summed E-state index contributed by atoms with van der Waals surface area (Å²) in [4.78, 5) is 24.8. The molecule has 2 aromatic rings. The third kappa shape index (κ3) is 5.25. The summed E-state index contributed by atoms with van der Waals surface area (Å²) in [6.45, 7) is 3.23. The lowest BCUT2D eigenvalue weighted by Gasteiger charge is -2.30. The minimum atomic E-state index is -3.53. The highest BCUT2D eigenvalue weighted by atomic mass is 32.2. The van der Waals surface area contributed by atoms with Crippen LogP contribution in [0.2, 0.25) is 0 Å². The van der Waals surface area contributed by atoms with Gasteiger partial charge in [0.1, 0.15) is 0 Å². The molecule has 1 aliphatic heterocycles. The van der Waals surface area contributed by atoms with Gasteiger partial charge in [0, 0.05) is 36.8 Å². The second-order valence-corrected chi connectivity index (χ2v) is 9.25. The highest BCUT2D eigenvalue weighted by Crippen LogP contribution is 2.25. The first-order valence-electron chi connectivity index (χ1n) is 10.2. The molecule has 0 unspecified atom stereocenters. The van der Waals surface area contributed by atoms with Gasteiger partial charge in [0.15, 0.2) is 0 Å². The van der Waals surface area contributed by atoms with E-state index < -0.39 is 10.0 Å². The molecule has 2 N–H and O–H groups in total. The molecule has 8 heteroatoms. The first-order valence-corrected chi connectivity index (χ1v) is 11.6. The second-order valence-electron chi connectivity index (χ2n) is 7.31. The zero-order valence-electron chi connectivity index (χ0n) is 17.0. The highest BCUT2D eigenvalue weighted by molar-refractivity contribution is 7.89. The smallest absolute Gasteiger partial charge is 0.251 e. The van der Waals surface area contributed by atoms with E-state index in [1.165, 1.54) is 4.31 Å². The molecule has 160 valence electrons. The Balaban J connectivity index is 1.54. The number of carbonyl (C=O) groups excluding carboxylic acids is 2. The van der Waals surface area contributed by atoms with Crippen LogP contribution in [-0.2, 0) is 14.8 Å². The summed E-state index contributed by atoms with van der Waals surface area (Å²) in [5.41, 5.74) is 1.16. The number of hydrogen-bond donors (Lipinski definition) is 2. The highest BCUT2D eigenvalue weighted by Gasteiger charge is 2.32. The lowest BCUT2D eigenvalue weighted by atomic mass is 9.97. The van der Waals surface area contributed by atoms with Crippen LogP contribution in [0.3, 0.4) is 0 Å². The Morgan fingerprint density at radius 3 is 2.23 bits per heavy atom. The van der Waals surface area contributed by atoms with Crippen LogP contribution in [0.4, 0.5) is 5.69 Å². The first kappa shape index (κ1) is 22.0. The number of rotatable bonds is 7. The molecular formula is C22H27N3O4S. The maximum atomic E-state index is 12.7. The predicted octanol–water partition coefficient (Wildman–Crippen LogP) is 2.87. The quantitative estimate of drug-likeness (QED) is 0.707. The van der Waals surface area contributed by atoms with E-state index in [0.717, 1.165) is 6.42 Å². The van der Waals surface area contributed by atoms with Crippen molar-refractivity contribution in [1.29, 1.82) is 0 Å². The molecule has 1 fully saturated rings. The minimum absolute atomic E-state index is 0.130. The molecule has 2 amide bonds. The van der Waals surface area contributed by atoms with Crippen LogP contribution in [0.1, 0.15) is 36.5 Å². The van der Waals surface area contributed by atoms with Crippen LogP contribution < -0.4 is 10.6 Å². The molecule has 30 heavy (non-hydrogen) atoms. The molecule has 0 saturated carbocycles. The molecule has 2 aromatic carbocycles. The topological polar surface area (TPSA) is 95.6 Å². The van der Waals surface area contributed by atoms with Crippen LogP contribution in [0.15, 0.2) is 59.5 Å². The van der Waals surface area contributed by atoms with Crippen molar-refractivity contribution in [3.63, 3.8) is 0 Å². The van der Waals surface area contributed by atoms with Gasteiger partial charge in [-0.25, -0.2) is 8.42 Å². The Kier molecular flexibility index (Phi) is 7.23. The number of carbonyl (C=O) groups is 2. The zero-order valence-corrected chi connectivity index (χ0v) is 17.8. The summed E-state index contributed by atoms with van der Waals surface area (Å²) in [5, 5.41) is 5.68. The third-order valence-electron chi connectivity index (χ3n) is 5.16. The van der Waals surface area contributed by atoms with E-state index in [1.54, 1.807) is 54.6 Å². The summed E-state index contributed by atoms with van der Waals surface area (Å²) < 4.78 is 26.8. The van der Waals surface area contributed by atoms with Gasteiger partial charge in [-0.15, -0.1) is 0 Å². The van der Waals surface area contributed by atoms with Gasteiger partial charge in [0.25, 0.3) is 5.91 Å². The van der Waals surface area contributed by atoms with Gasteiger partial charge in [-0.3, -0.25) is 9.59 Å². The molecule has 1 heterocycles. The van der Waals surface area contributed by atoms with Crippen LogP contribution in [-0.4, -0.2) is 44.2 Å². The molecule has 7 nitrogen and oxygen atoms in total. The molecule has 0 atom stereocenters. The van der Waals surface area contributed by atoms with Gasteiger partial charge >= 0.3 is 0 Å².